The summed E-state index contributed by atoms with van der Waals surface area (Å²) in [4.78, 5) is -1.26. The molecule has 0 bridgehead atoms. The second kappa shape index (κ2) is 5.21. The van der Waals surface area contributed by atoms with E-state index < -0.39 is 32.2 Å². The molecule has 0 aromatic heterocycles. The van der Waals surface area contributed by atoms with E-state index in [1.165, 1.54) is 19.1 Å². The van der Waals surface area contributed by atoms with Gasteiger partial charge in [0.2, 0.25) is 0 Å². The molecule has 1 rings (SSSR count). The van der Waals surface area contributed by atoms with Gasteiger partial charge in [0.25, 0.3) is 0 Å². The van der Waals surface area contributed by atoms with Gasteiger partial charge in [-0.25, -0.2) is 21.6 Å². The Morgan fingerprint density at radius 1 is 1.16 bits per heavy atom. The summed E-state index contributed by atoms with van der Waals surface area (Å²) in [6, 6.07) is 0. The zero-order valence-electron chi connectivity index (χ0n) is 10.7. The van der Waals surface area contributed by atoms with E-state index in [1.807, 2.05) is 0 Å². The highest BCUT2D eigenvalue weighted by atomic mass is 32.2. The summed E-state index contributed by atoms with van der Waals surface area (Å²) in [6.45, 7) is 6.37. The Morgan fingerprint density at radius 2 is 1.68 bits per heavy atom. The van der Waals surface area contributed by atoms with E-state index in [9.17, 15) is 21.6 Å². The first kappa shape index (κ1) is 15.5. The van der Waals surface area contributed by atoms with Gasteiger partial charge < -0.3 is 0 Å². The highest BCUT2D eigenvalue weighted by molar-refractivity contribution is 7.90. The molecule has 0 unspecified atom stereocenters. The molecule has 0 spiro atoms. The Labute approximate surface area is 110 Å². The fourth-order valence-electron chi connectivity index (χ4n) is 1.72. The maximum absolute atomic E-state index is 14.1. The molecule has 0 aliphatic carbocycles. The summed E-state index contributed by atoms with van der Waals surface area (Å²) in [5.74, 6) is -4.44. The highest BCUT2D eigenvalue weighted by Gasteiger charge is 2.29. The average Bonchev–Trinajstić information content (AvgIpc) is 2.24. The number of benzene rings is 1. The molecule has 6 heteroatoms. The molecule has 2 nitrogen and oxygen atoms in total. The van der Waals surface area contributed by atoms with E-state index in [1.54, 1.807) is 6.92 Å². The third-order valence-electron chi connectivity index (χ3n) is 2.45. The molecule has 0 fully saturated rings. The first-order valence-corrected chi connectivity index (χ1v) is 7.21. The second-order valence-corrected chi connectivity index (χ2v) is 6.06. The molecule has 104 valence electrons. The van der Waals surface area contributed by atoms with Crippen LogP contribution in [-0.4, -0.2) is 14.7 Å². The summed E-state index contributed by atoms with van der Waals surface area (Å²) in [7, 11) is -4.22. The van der Waals surface area contributed by atoms with Crippen molar-refractivity contribution in [2.45, 2.75) is 18.7 Å². The van der Waals surface area contributed by atoms with Crippen molar-refractivity contribution in [2.24, 2.45) is 0 Å². The minimum Gasteiger partial charge on any atom is -0.224 e. The van der Waals surface area contributed by atoms with Crippen molar-refractivity contribution in [1.29, 1.82) is 0 Å². The molecule has 0 N–H and O–H groups in total. The Bertz CT molecular complexity index is 674. The van der Waals surface area contributed by atoms with Crippen molar-refractivity contribution >= 4 is 21.5 Å². The first-order valence-electron chi connectivity index (χ1n) is 5.32. The third kappa shape index (κ3) is 2.73. The maximum atomic E-state index is 14.1. The fourth-order valence-corrected chi connectivity index (χ4v) is 2.57. The predicted octanol–water partition coefficient (Wildman–Crippen LogP) is 3.57. The van der Waals surface area contributed by atoms with E-state index in [2.05, 4.69) is 6.58 Å². The summed E-state index contributed by atoms with van der Waals surface area (Å²) >= 11 is 0. The Hall–Kier alpha value is -1.56. The van der Waals surface area contributed by atoms with Crippen LogP contribution >= 0.6 is 0 Å². The molecule has 0 radical (unpaired) electrons. The second-order valence-electron chi connectivity index (χ2n) is 4.11. The summed E-state index contributed by atoms with van der Waals surface area (Å²) in [5, 5.41) is 0. The number of hydrogen-bond donors (Lipinski definition) is 0. The highest BCUT2D eigenvalue weighted by Crippen LogP contribution is 2.32. The Kier molecular flexibility index (Phi) is 4.25. The summed E-state index contributed by atoms with van der Waals surface area (Å²) in [5.41, 5.74) is -0.585. The minimum atomic E-state index is -4.22. The zero-order valence-corrected chi connectivity index (χ0v) is 11.5. The monoisotopic (exact) mass is 290 g/mol. The molecule has 0 saturated heterocycles. The van der Waals surface area contributed by atoms with Gasteiger partial charge in [0.05, 0.1) is 0 Å². The van der Waals surface area contributed by atoms with Gasteiger partial charge in [0, 0.05) is 17.4 Å². The van der Waals surface area contributed by atoms with Gasteiger partial charge >= 0.3 is 0 Å². The van der Waals surface area contributed by atoms with Gasteiger partial charge in [-0.05, 0) is 19.4 Å². The standard InChI is InChI=1S/C13H13F3O2S/c1-5-6-8-9(7(2)3)11(15)12(16)13(10(8)14)19(4,17)18/h5-6H,2H2,1,3-4H3/b6-5+. The van der Waals surface area contributed by atoms with E-state index in [0.717, 1.165) is 0 Å². The van der Waals surface area contributed by atoms with Crippen molar-refractivity contribution in [3.63, 3.8) is 0 Å². The average molecular weight is 290 g/mol. The molecular weight excluding hydrogens is 277 g/mol. The SMILES string of the molecule is C=C(C)c1c(F)c(F)c(S(C)(=O)=O)c(F)c1/C=C/C. The number of allylic oxidation sites excluding steroid dienone is 2. The largest absolute Gasteiger partial charge is 0.224 e. The van der Waals surface area contributed by atoms with Gasteiger partial charge in [0.15, 0.2) is 27.3 Å². The first-order chi connectivity index (χ1) is 8.62. The van der Waals surface area contributed by atoms with Crippen LogP contribution in [0.3, 0.4) is 0 Å². The van der Waals surface area contributed by atoms with Crippen LogP contribution in [0.25, 0.3) is 11.6 Å². The lowest BCUT2D eigenvalue weighted by atomic mass is 9.99. The topological polar surface area (TPSA) is 34.1 Å². The van der Waals surface area contributed by atoms with E-state index in [4.69, 9.17) is 0 Å². The smallest absolute Gasteiger partial charge is 0.181 e. The van der Waals surface area contributed by atoms with Gasteiger partial charge in [-0.3, -0.25) is 0 Å². The van der Waals surface area contributed by atoms with Crippen LogP contribution in [0.15, 0.2) is 17.6 Å². The quantitative estimate of drug-likeness (QED) is 0.797. The Morgan fingerprint density at radius 3 is 2.05 bits per heavy atom. The van der Waals surface area contributed by atoms with Crippen molar-refractivity contribution in [1.82, 2.24) is 0 Å². The lowest BCUT2D eigenvalue weighted by Crippen LogP contribution is -2.11. The molecule has 0 aliphatic rings. The predicted molar refractivity (Wildman–Crippen MR) is 68.8 cm³/mol. The lowest BCUT2D eigenvalue weighted by molar-refractivity contribution is 0.456. The molecule has 0 saturated carbocycles. The number of rotatable bonds is 3. The number of halogens is 3. The van der Waals surface area contributed by atoms with Crippen LogP contribution < -0.4 is 0 Å². The zero-order chi connectivity index (χ0) is 15.0. The van der Waals surface area contributed by atoms with Crippen LogP contribution in [0.5, 0.6) is 0 Å². The number of hydrogen-bond acceptors (Lipinski definition) is 2. The van der Waals surface area contributed by atoms with Gasteiger partial charge in [-0.2, -0.15) is 0 Å². The molecule has 0 amide bonds. The van der Waals surface area contributed by atoms with Crippen molar-refractivity contribution < 1.29 is 21.6 Å². The fraction of sp³-hybridized carbons (Fsp3) is 0.231. The molecule has 0 heterocycles. The van der Waals surface area contributed by atoms with Crippen LogP contribution in [0.4, 0.5) is 13.2 Å². The molecule has 1 aromatic rings. The van der Waals surface area contributed by atoms with Crippen molar-refractivity contribution in [3.05, 3.63) is 41.2 Å². The van der Waals surface area contributed by atoms with E-state index >= 15 is 0 Å². The van der Waals surface area contributed by atoms with Crippen molar-refractivity contribution in [3.8, 4) is 0 Å². The summed E-state index contributed by atoms with van der Waals surface area (Å²) < 4.78 is 64.5. The van der Waals surface area contributed by atoms with Crippen LogP contribution in [0.2, 0.25) is 0 Å². The van der Waals surface area contributed by atoms with Gasteiger partial charge in [-0.1, -0.05) is 18.7 Å². The third-order valence-corrected chi connectivity index (χ3v) is 3.55. The molecule has 0 aliphatic heterocycles. The minimum absolute atomic E-state index is 0.100. The van der Waals surface area contributed by atoms with Crippen LogP contribution in [0.1, 0.15) is 25.0 Å². The molecular formula is C13H13F3O2S. The van der Waals surface area contributed by atoms with E-state index in [-0.39, 0.29) is 16.7 Å². The lowest BCUT2D eigenvalue weighted by Gasteiger charge is -2.13. The molecule has 19 heavy (non-hydrogen) atoms. The maximum Gasteiger partial charge on any atom is 0.181 e. The number of sulfone groups is 1. The summed E-state index contributed by atoms with van der Waals surface area (Å²) in [6.07, 6.45) is 3.19. The Balaban J connectivity index is 4.01. The molecule has 1 aromatic carbocycles. The van der Waals surface area contributed by atoms with Crippen molar-refractivity contribution in [2.75, 3.05) is 6.26 Å². The van der Waals surface area contributed by atoms with E-state index in [0.29, 0.717) is 6.26 Å². The molecule has 0 atom stereocenters. The van der Waals surface area contributed by atoms with Gasteiger partial charge in [0.1, 0.15) is 4.90 Å². The normalized spacial score (nSPS) is 12.1. The van der Waals surface area contributed by atoms with Gasteiger partial charge in [-0.15, -0.1) is 0 Å². The van der Waals surface area contributed by atoms with Crippen LogP contribution in [0, 0.1) is 17.5 Å². The van der Waals surface area contributed by atoms with Crippen LogP contribution in [-0.2, 0) is 9.84 Å².